The Labute approximate surface area is 204 Å². The molecule has 184 valence electrons. The molecule has 0 bridgehead atoms. The second-order valence-corrected chi connectivity index (χ2v) is 9.83. The van der Waals surface area contributed by atoms with Crippen LogP contribution in [0.15, 0.2) is 24.3 Å². The fraction of sp³-hybridized carbons (Fsp3) is 0.571. The van der Waals surface area contributed by atoms with Crippen LogP contribution in [0.3, 0.4) is 0 Å². The minimum Gasteiger partial charge on any atom is -0.372 e. The van der Waals surface area contributed by atoms with Crippen LogP contribution in [0, 0.1) is 6.92 Å². The molecule has 2 amide bonds. The lowest BCUT2D eigenvalue weighted by Gasteiger charge is -2.19. The van der Waals surface area contributed by atoms with Crippen molar-refractivity contribution in [3.8, 4) is 11.1 Å². The number of nitrogens with two attached hydrogens (primary N) is 1. The maximum atomic E-state index is 12.7. The first-order valence-electron chi connectivity index (χ1n) is 13.2. The molecular formula is C28H40N4O2. The smallest absolute Gasteiger partial charge is 0.251 e. The maximum Gasteiger partial charge on any atom is 0.251 e. The van der Waals surface area contributed by atoms with Crippen LogP contribution >= 0.6 is 0 Å². The van der Waals surface area contributed by atoms with Gasteiger partial charge in [-0.25, -0.2) is 0 Å². The topological polar surface area (TPSA) is 71.6 Å². The summed E-state index contributed by atoms with van der Waals surface area (Å²) in [5, 5.41) is 0. The van der Waals surface area contributed by atoms with Crippen LogP contribution in [-0.4, -0.2) is 47.5 Å². The number of aromatic nitrogens is 1. The number of likely N-dealkylation sites (tertiary alicyclic amines) is 1. The Bertz CT molecular complexity index is 1000. The van der Waals surface area contributed by atoms with Crippen LogP contribution in [0.5, 0.6) is 0 Å². The zero-order valence-electron chi connectivity index (χ0n) is 20.9. The van der Waals surface area contributed by atoms with Crippen LogP contribution in [0.25, 0.3) is 11.1 Å². The van der Waals surface area contributed by atoms with Crippen molar-refractivity contribution < 1.29 is 9.59 Å². The van der Waals surface area contributed by atoms with Gasteiger partial charge in [0.05, 0.1) is 5.56 Å². The Morgan fingerprint density at radius 3 is 2.32 bits per heavy atom. The van der Waals surface area contributed by atoms with Gasteiger partial charge in [-0.2, -0.15) is 0 Å². The molecule has 0 unspecified atom stereocenters. The Balaban J connectivity index is 1.65. The fourth-order valence-corrected chi connectivity index (χ4v) is 5.69. The lowest BCUT2D eigenvalue weighted by molar-refractivity contribution is -0.127. The second kappa shape index (κ2) is 11.1. The summed E-state index contributed by atoms with van der Waals surface area (Å²) in [6, 6.07) is 8.69. The molecule has 6 nitrogen and oxygen atoms in total. The average molecular weight is 465 g/mol. The highest BCUT2D eigenvalue weighted by Gasteiger charge is 2.25. The number of primary amides is 1. The van der Waals surface area contributed by atoms with E-state index in [1.165, 1.54) is 24.2 Å². The first-order chi connectivity index (χ1) is 16.5. The lowest BCUT2D eigenvalue weighted by Crippen LogP contribution is -2.26. The molecule has 0 atom stereocenters. The Morgan fingerprint density at radius 1 is 0.971 bits per heavy atom. The van der Waals surface area contributed by atoms with E-state index >= 15 is 0 Å². The summed E-state index contributed by atoms with van der Waals surface area (Å²) in [6.07, 6.45) is 9.34. The first kappa shape index (κ1) is 24.4. The van der Waals surface area contributed by atoms with Gasteiger partial charge in [-0.05, 0) is 63.1 Å². The van der Waals surface area contributed by atoms with Crippen molar-refractivity contribution in [1.29, 1.82) is 0 Å². The highest BCUT2D eigenvalue weighted by atomic mass is 16.2. The van der Waals surface area contributed by atoms with E-state index in [0.29, 0.717) is 12.0 Å². The third kappa shape index (κ3) is 5.16. The highest BCUT2D eigenvalue weighted by Crippen LogP contribution is 2.35. The van der Waals surface area contributed by atoms with E-state index in [-0.39, 0.29) is 11.8 Å². The number of hydrogen-bond donors (Lipinski definition) is 1. The fourth-order valence-electron chi connectivity index (χ4n) is 5.69. The minimum atomic E-state index is -0.360. The normalized spacial score (nSPS) is 16.1. The molecule has 0 spiro atoms. The highest BCUT2D eigenvalue weighted by molar-refractivity contribution is 6.02. The van der Waals surface area contributed by atoms with Gasteiger partial charge in [-0.15, -0.1) is 0 Å². The quantitative estimate of drug-likeness (QED) is 0.481. The van der Waals surface area contributed by atoms with Gasteiger partial charge in [-0.1, -0.05) is 31.9 Å². The molecule has 1 aromatic heterocycles. The molecule has 0 saturated carbocycles. The number of benzene rings is 1. The molecule has 2 N–H and O–H groups in total. The maximum absolute atomic E-state index is 12.7. The predicted molar refractivity (Wildman–Crippen MR) is 138 cm³/mol. The second-order valence-electron chi connectivity index (χ2n) is 9.83. The molecule has 0 radical (unpaired) electrons. The first-order valence-corrected chi connectivity index (χ1v) is 13.2. The number of unbranched alkanes of at least 4 members (excludes halogenated alkanes) is 2. The van der Waals surface area contributed by atoms with Crippen LogP contribution in [0.1, 0.15) is 80.0 Å². The summed E-state index contributed by atoms with van der Waals surface area (Å²) in [7, 11) is 0. The standard InChI is InChI=1S/C28H40N4O2/c1-3-4-5-10-24-27(22-12-14-23(15-13-22)30-16-6-7-17-30)26(28(29)34)21(2)32(24)20-9-19-31-18-8-11-25(31)33/h12-15H,3-11,16-20H2,1-2H3,(H2,29,34). The van der Waals surface area contributed by atoms with Crippen molar-refractivity contribution in [2.45, 2.75) is 78.2 Å². The summed E-state index contributed by atoms with van der Waals surface area (Å²) >= 11 is 0. The van der Waals surface area contributed by atoms with Gasteiger partial charge in [-0.3, -0.25) is 9.59 Å². The van der Waals surface area contributed by atoms with E-state index in [1.54, 1.807) is 0 Å². The zero-order valence-corrected chi connectivity index (χ0v) is 20.9. The number of nitrogens with zero attached hydrogens (tertiary/aromatic N) is 3. The van der Waals surface area contributed by atoms with Gasteiger partial charge < -0.3 is 20.1 Å². The summed E-state index contributed by atoms with van der Waals surface area (Å²) in [4.78, 5) is 29.1. The molecule has 2 aromatic rings. The largest absolute Gasteiger partial charge is 0.372 e. The summed E-state index contributed by atoms with van der Waals surface area (Å²) in [5.41, 5.74) is 12.1. The molecule has 2 saturated heterocycles. The third-order valence-electron chi connectivity index (χ3n) is 7.50. The van der Waals surface area contributed by atoms with E-state index in [2.05, 4.69) is 40.7 Å². The summed E-state index contributed by atoms with van der Waals surface area (Å²) in [5.74, 6) is -0.0923. The molecule has 2 fully saturated rings. The van der Waals surface area contributed by atoms with Gasteiger partial charge in [0.1, 0.15) is 0 Å². The van der Waals surface area contributed by atoms with Crippen molar-refractivity contribution in [1.82, 2.24) is 9.47 Å². The Hall–Kier alpha value is -2.76. The number of hydrogen-bond acceptors (Lipinski definition) is 3. The Morgan fingerprint density at radius 2 is 1.71 bits per heavy atom. The Kier molecular flexibility index (Phi) is 7.96. The number of carbonyl (C=O) groups is 2. The molecule has 3 heterocycles. The molecule has 0 aliphatic carbocycles. The van der Waals surface area contributed by atoms with Crippen molar-refractivity contribution in [2.24, 2.45) is 5.73 Å². The van der Waals surface area contributed by atoms with Crippen molar-refractivity contribution >= 4 is 17.5 Å². The molecule has 2 aliphatic heterocycles. The summed E-state index contributed by atoms with van der Waals surface area (Å²) in [6.45, 7) is 8.90. The monoisotopic (exact) mass is 464 g/mol. The van der Waals surface area contributed by atoms with Gasteiger partial charge >= 0.3 is 0 Å². The van der Waals surface area contributed by atoms with E-state index in [0.717, 1.165) is 88.1 Å². The van der Waals surface area contributed by atoms with Crippen molar-refractivity contribution in [3.63, 3.8) is 0 Å². The number of rotatable bonds is 11. The van der Waals surface area contributed by atoms with E-state index < -0.39 is 0 Å². The third-order valence-corrected chi connectivity index (χ3v) is 7.50. The average Bonchev–Trinajstić information content (AvgIpc) is 3.56. The van der Waals surface area contributed by atoms with Gasteiger partial charge in [0.2, 0.25) is 5.91 Å². The summed E-state index contributed by atoms with van der Waals surface area (Å²) < 4.78 is 2.31. The van der Waals surface area contributed by atoms with Crippen LogP contribution in [-0.2, 0) is 17.8 Å². The minimum absolute atomic E-state index is 0.268. The molecule has 4 rings (SSSR count). The molecule has 1 aromatic carbocycles. The zero-order chi connectivity index (χ0) is 24.1. The van der Waals surface area contributed by atoms with Gasteiger partial charge in [0.15, 0.2) is 0 Å². The van der Waals surface area contributed by atoms with Crippen LogP contribution in [0.4, 0.5) is 5.69 Å². The number of carbonyl (C=O) groups excluding carboxylic acids is 2. The van der Waals surface area contributed by atoms with Crippen molar-refractivity contribution in [3.05, 3.63) is 41.2 Å². The predicted octanol–water partition coefficient (Wildman–Crippen LogP) is 4.91. The van der Waals surface area contributed by atoms with Gasteiger partial charge in [0, 0.05) is 61.8 Å². The van der Waals surface area contributed by atoms with E-state index in [1.807, 2.05) is 11.8 Å². The molecular weight excluding hydrogens is 424 g/mol. The molecule has 34 heavy (non-hydrogen) atoms. The SMILES string of the molecule is CCCCCc1c(-c2ccc(N3CCCC3)cc2)c(C(N)=O)c(C)n1CCCN1CCCC1=O. The molecule has 6 heteroatoms. The number of anilines is 1. The van der Waals surface area contributed by atoms with Crippen LogP contribution < -0.4 is 10.6 Å². The van der Waals surface area contributed by atoms with Gasteiger partial charge in [0.25, 0.3) is 5.91 Å². The molecule has 2 aliphatic rings. The van der Waals surface area contributed by atoms with Crippen molar-refractivity contribution in [2.75, 3.05) is 31.1 Å². The van der Waals surface area contributed by atoms with Crippen LogP contribution in [0.2, 0.25) is 0 Å². The van der Waals surface area contributed by atoms with E-state index in [9.17, 15) is 9.59 Å². The van der Waals surface area contributed by atoms with E-state index in [4.69, 9.17) is 5.73 Å². The number of amides is 2. The lowest BCUT2D eigenvalue weighted by atomic mass is 9.97.